The molecule has 0 spiro atoms. The average Bonchev–Trinajstić information content (AvgIpc) is 2.11. The van der Waals surface area contributed by atoms with Crippen molar-refractivity contribution in [2.75, 3.05) is 5.75 Å². The normalized spacial score (nSPS) is 11.6. The molecule has 14 heavy (non-hydrogen) atoms. The minimum atomic E-state index is -3.04. The van der Waals surface area contributed by atoms with Gasteiger partial charge in [0.15, 0.2) is 9.84 Å². The molecule has 0 fully saturated rings. The Morgan fingerprint density at radius 2 is 2.07 bits per heavy atom. The van der Waals surface area contributed by atoms with E-state index in [4.69, 9.17) is 16.7 Å². The SMILES string of the molecule is CCS(=O)(=O)Cc1ccc(O)c(Cl)c1. The summed E-state index contributed by atoms with van der Waals surface area (Å²) in [6.45, 7) is 1.59. The molecule has 1 rings (SSSR count). The molecule has 0 unspecified atom stereocenters. The van der Waals surface area contributed by atoms with Crippen LogP contribution in [0.2, 0.25) is 5.02 Å². The van der Waals surface area contributed by atoms with E-state index in [0.29, 0.717) is 5.56 Å². The number of phenols is 1. The third-order valence-electron chi connectivity index (χ3n) is 1.84. The molecule has 0 saturated heterocycles. The molecule has 0 saturated carbocycles. The highest BCUT2D eigenvalue weighted by atomic mass is 35.5. The molecule has 1 N–H and O–H groups in total. The molecule has 0 radical (unpaired) electrons. The van der Waals surface area contributed by atoms with Gasteiger partial charge in [-0.15, -0.1) is 0 Å². The molecule has 0 aliphatic carbocycles. The second kappa shape index (κ2) is 4.19. The van der Waals surface area contributed by atoms with E-state index in [-0.39, 0.29) is 22.3 Å². The van der Waals surface area contributed by atoms with E-state index in [9.17, 15) is 8.42 Å². The summed E-state index contributed by atoms with van der Waals surface area (Å²) in [5.41, 5.74) is 0.592. The highest BCUT2D eigenvalue weighted by molar-refractivity contribution is 7.90. The standard InChI is InChI=1S/C9H11ClO3S/c1-2-14(12,13)6-7-3-4-9(11)8(10)5-7/h3-5,11H,2,6H2,1H3. The Morgan fingerprint density at radius 1 is 1.43 bits per heavy atom. The van der Waals surface area contributed by atoms with Gasteiger partial charge in [-0.1, -0.05) is 24.6 Å². The second-order valence-electron chi connectivity index (χ2n) is 2.96. The molecular formula is C9H11ClO3S. The zero-order valence-corrected chi connectivity index (χ0v) is 9.27. The first-order valence-corrected chi connectivity index (χ1v) is 6.32. The Morgan fingerprint density at radius 3 is 2.57 bits per heavy atom. The maximum absolute atomic E-state index is 11.3. The van der Waals surface area contributed by atoms with Crippen molar-refractivity contribution >= 4 is 21.4 Å². The van der Waals surface area contributed by atoms with Crippen LogP contribution < -0.4 is 0 Å². The van der Waals surface area contributed by atoms with Crippen molar-refractivity contribution in [3.63, 3.8) is 0 Å². The topological polar surface area (TPSA) is 54.4 Å². The fourth-order valence-electron chi connectivity index (χ4n) is 0.996. The zero-order valence-electron chi connectivity index (χ0n) is 7.70. The Labute approximate surface area is 88.2 Å². The van der Waals surface area contributed by atoms with Crippen molar-refractivity contribution in [2.24, 2.45) is 0 Å². The molecule has 1 aromatic rings. The van der Waals surface area contributed by atoms with Gasteiger partial charge in [-0.25, -0.2) is 8.42 Å². The first-order valence-electron chi connectivity index (χ1n) is 4.12. The predicted octanol–water partition coefficient (Wildman–Crippen LogP) is 1.98. The van der Waals surface area contributed by atoms with Gasteiger partial charge >= 0.3 is 0 Å². The van der Waals surface area contributed by atoms with E-state index in [2.05, 4.69) is 0 Å². The Balaban J connectivity index is 2.94. The van der Waals surface area contributed by atoms with Crippen molar-refractivity contribution in [1.29, 1.82) is 0 Å². The Hall–Kier alpha value is -0.740. The van der Waals surface area contributed by atoms with Crippen LogP contribution in [0.4, 0.5) is 0 Å². The summed E-state index contributed by atoms with van der Waals surface area (Å²) >= 11 is 5.64. The molecule has 0 bridgehead atoms. The van der Waals surface area contributed by atoms with Crippen molar-refractivity contribution in [3.05, 3.63) is 28.8 Å². The minimum absolute atomic E-state index is 0.0377. The van der Waals surface area contributed by atoms with Crippen LogP contribution in [0, 0.1) is 0 Å². The molecular weight excluding hydrogens is 224 g/mol. The number of phenolic OH excluding ortho intramolecular Hbond substituents is 1. The van der Waals surface area contributed by atoms with E-state index in [1.807, 2.05) is 0 Å². The van der Waals surface area contributed by atoms with Gasteiger partial charge in [0.05, 0.1) is 10.8 Å². The van der Waals surface area contributed by atoms with Crippen LogP contribution in [0.1, 0.15) is 12.5 Å². The van der Waals surface area contributed by atoms with Gasteiger partial charge in [0.2, 0.25) is 0 Å². The molecule has 0 amide bonds. The summed E-state index contributed by atoms with van der Waals surface area (Å²) in [6.07, 6.45) is 0. The van der Waals surface area contributed by atoms with E-state index >= 15 is 0 Å². The minimum Gasteiger partial charge on any atom is -0.506 e. The summed E-state index contributed by atoms with van der Waals surface area (Å²) < 4.78 is 22.5. The number of rotatable bonds is 3. The molecule has 0 aliphatic heterocycles. The fourth-order valence-corrected chi connectivity index (χ4v) is 2.09. The van der Waals surface area contributed by atoms with Gasteiger partial charge in [0, 0.05) is 5.75 Å². The summed E-state index contributed by atoms with van der Waals surface area (Å²) in [7, 11) is -3.04. The molecule has 0 aliphatic rings. The number of aromatic hydroxyl groups is 1. The van der Waals surface area contributed by atoms with Gasteiger partial charge in [-0.3, -0.25) is 0 Å². The molecule has 3 nitrogen and oxygen atoms in total. The summed E-state index contributed by atoms with van der Waals surface area (Å²) in [5, 5.41) is 9.29. The summed E-state index contributed by atoms with van der Waals surface area (Å²) in [4.78, 5) is 0. The number of sulfone groups is 1. The van der Waals surface area contributed by atoms with Crippen molar-refractivity contribution in [3.8, 4) is 5.75 Å². The van der Waals surface area contributed by atoms with Gasteiger partial charge in [-0.05, 0) is 17.7 Å². The van der Waals surface area contributed by atoms with Crippen LogP contribution in [-0.2, 0) is 15.6 Å². The fraction of sp³-hybridized carbons (Fsp3) is 0.333. The Bertz CT molecular complexity index is 426. The highest BCUT2D eigenvalue weighted by Gasteiger charge is 2.09. The molecule has 0 aromatic heterocycles. The van der Waals surface area contributed by atoms with Crippen LogP contribution in [-0.4, -0.2) is 19.3 Å². The molecule has 5 heteroatoms. The zero-order chi connectivity index (χ0) is 10.8. The van der Waals surface area contributed by atoms with Crippen LogP contribution in [0.25, 0.3) is 0 Å². The summed E-state index contributed by atoms with van der Waals surface area (Å²) in [6, 6.07) is 4.40. The maximum Gasteiger partial charge on any atom is 0.154 e. The molecule has 0 heterocycles. The monoisotopic (exact) mass is 234 g/mol. The van der Waals surface area contributed by atoms with Gasteiger partial charge < -0.3 is 5.11 Å². The van der Waals surface area contributed by atoms with Gasteiger partial charge in [0.1, 0.15) is 5.75 Å². The van der Waals surface area contributed by atoms with Crippen molar-refractivity contribution in [2.45, 2.75) is 12.7 Å². The molecule has 78 valence electrons. The van der Waals surface area contributed by atoms with Crippen LogP contribution >= 0.6 is 11.6 Å². The number of benzene rings is 1. The molecule has 1 aromatic carbocycles. The Kier molecular flexibility index (Phi) is 3.39. The second-order valence-corrected chi connectivity index (χ2v) is 5.72. The van der Waals surface area contributed by atoms with Crippen LogP contribution in [0.3, 0.4) is 0 Å². The number of hydrogen-bond acceptors (Lipinski definition) is 3. The smallest absolute Gasteiger partial charge is 0.154 e. The van der Waals surface area contributed by atoms with Crippen molar-refractivity contribution in [1.82, 2.24) is 0 Å². The van der Waals surface area contributed by atoms with Crippen LogP contribution in [0.5, 0.6) is 5.75 Å². The quantitative estimate of drug-likeness (QED) is 0.870. The van der Waals surface area contributed by atoms with Gasteiger partial charge in [0.25, 0.3) is 0 Å². The predicted molar refractivity (Wildman–Crippen MR) is 56.3 cm³/mol. The third kappa shape index (κ3) is 2.89. The number of hydrogen-bond donors (Lipinski definition) is 1. The lowest BCUT2D eigenvalue weighted by molar-refractivity contribution is 0.475. The van der Waals surface area contributed by atoms with Crippen molar-refractivity contribution < 1.29 is 13.5 Å². The third-order valence-corrected chi connectivity index (χ3v) is 3.79. The maximum atomic E-state index is 11.3. The lowest BCUT2D eigenvalue weighted by Gasteiger charge is -2.03. The first-order chi connectivity index (χ1) is 6.44. The van der Waals surface area contributed by atoms with E-state index in [1.54, 1.807) is 13.0 Å². The molecule has 0 atom stereocenters. The number of halogens is 1. The summed E-state index contributed by atoms with van der Waals surface area (Å²) in [5.74, 6) is 0.0268. The highest BCUT2D eigenvalue weighted by Crippen LogP contribution is 2.24. The largest absolute Gasteiger partial charge is 0.506 e. The van der Waals surface area contributed by atoms with Crippen LogP contribution in [0.15, 0.2) is 18.2 Å². The lowest BCUT2D eigenvalue weighted by Crippen LogP contribution is -2.06. The van der Waals surface area contributed by atoms with E-state index in [0.717, 1.165) is 0 Å². The van der Waals surface area contributed by atoms with E-state index in [1.165, 1.54) is 12.1 Å². The van der Waals surface area contributed by atoms with Gasteiger partial charge in [-0.2, -0.15) is 0 Å². The first kappa shape index (κ1) is 11.3. The lowest BCUT2D eigenvalue weighted by atomic mass is 10.2. The average molecular weight is 235 g/mol. The van der Waals surface area contributed by atoms with E-state index < -0.39 is 9.84 Å².